The number of hydrogen-bond acceptors (Lipinski definition) is 3. The molecule has 1 aromatic rings. The van der Waals surface area contributed by atoms with Gasteiger partial charge in [0.15, 0.2) is 0 Å². The maximum absolute atomic E-state index is 10.5. The van der Waals surface area contributed by atoms with Gasteiger partial charge in [-0.25, -0.2) is 4.68 Å². The number of aliphatic hydroxyl groups is 1. The molecule has 0 saturated heterocycles. The van der Waals surface area contributed by atoms with Gasteiger partial charge in [-0.05, 0) is 12.8 Å². The minimum absolute atomic E-state index is 0.748. The molecule has 0 aromatic carbocycles. The summed E-state index contributed by atoms with van der Waals surface area (Å²) in [6.45, 7) is 4.15. The Kier molecular flexibility index (Phi) is 3.63. The predicted molar refractivity (Wildman–Crippen MR) is 54.7 cm³/mol. The van der Waals surface area contributed by atoms with Crippen LogP contribution in [0.5, 0.6) is 0 Å². The summed E-state index contributed by atoms with van der Waals surface area (Å²) in [5.41, 5.74) is 0.0723. The summed E-state index contributed by atoms with van der Waals surface area (Å²) in [5.74, 6) is 0. The van der Waals surface area contributed by atoms with Crippen LogP contribution < -0.4 is 0 Å². The first-order valence-electron chi connectivity index (χ1n) is 5.21. The topological polar surface area (TPSA) is 50.9 Å². The standard InChI is InChI=1S/C10H19N3O/c1-4-6-10(14,7-5-2)9-8-11-12-13(9)3/h8,14H,4-7H2,1-3H3. The van der Waals surface area contributed by atoms with Gasteiger partial charge in [-0.3, -0.25) is 0 Å². The van der Waals surface area contributed by atoms with Crippen molar-refractivity contribution < 1.29 is 5.11 Å². The van der Waals surface area contributed by atoms with E-state index in [9.17, 15) is 5.11 Å². The van der Waals surface area contributed by atoms with E-state index in [-0.39, 0.29) is 0 Å². The lowest BCUT2D eigenvalue weighted by atomic mass is 9.89. The van der Waals surface area contributed by atoms with Crippen LogP contribution in [0, 0.1) is 0 Å². The van der Waals surface area contributed by atoms with Gasteiger partial charge in [0.2, 0.25) is 0 Å². The molecule has 0 aliphatic heterocycles. The number of aryl methyl sites for hydroxylation is 1. The van der Waals surface area contributed by atoms with Gasteiger partial charge in [-0.2, -0.15) is 0 Å². The van der Waals surface area contributed by atoms with Gasteiger partial charge in [0.25, 0.3) is 0 Å². The molecule has 0 aliphatic carbocycles. The van der Waals surface area contributed by atoms with Crippen molar-refractivity contribution in [3.8, 4) is 0 Å². The van der Waals surface area contributed by atoms with E-state index in [1.807, 2.05) is 7.05 Å². The predicted octanol–water partition coefficient (Wildman–Crippen LogP) is 1.60. The van der Waals surface area contributed by atoms with E-state index in [4.69, 9.17) is 0 Å². The Labute approximate surface area is 84.9 Å². The molecule has 0 atom stereocenters. The number of aromatic nitrogens is 3. The molecule has 1 rings (SSSR count). The van der Waals surface area contributed by atoms with Crippen molar-refractivity contribution in [3.05, 3.63) is 11.9 Å². The Bertz CT molecular complexity index is 277. The van der Waals surface area contributed by atoms with Crippen LogP contribution in [0.2, 0.25) is 0 Å². The second kappa shape index (κ2) is 4.55. The Morgan fingerprint density at radius 2 is 1.93 bits per heavy atom. The Balaban J connectivity index is 2.92. The Hall–Kier alpha value is -0.900. The summed E-state index contributed by atoms with van der Waals surface area (Å²) in [5, 5.41) is 18.1. The number of rotatable bonds is 5. The van der Waals surface area contributed by atoms with Gasteiger partial charge in [0.1, 0.15) is 5.60 Å². The molecule has 1 heterocycles. The third-order valence-electron chi connectivity index (χ3n) is 2.52. The number of hydrogen-bond donors (Lipinski definition) is 1. The fraction of sp³-hybridized carbons (Fsp3) is 0.800. The molecule has 0 aliphatic rings. The quantitative estimate of drug-likeness (QED) is 0.780. The maximum Gasteiger partial charge on any atom is 0.108 e. The van der Waals surface area contributed by atoms with Crippen LogP contribution in [0.15, 0.2) is 6.20 Å². The van der Waals surface area contributed by atoms with Crippen molar-refractivity contribution in [2.75, 3.05) is 0 Å². The van der Waals surface area contributed by atoms with Crippen LogP contribution in [0.3, 0.4) is 0 Å². The molecule has 1 aromatic heterocycles. The average Bonchev–Trinajstić information content (AvgIpc) is 2.52. The molecule has 0 fully saturated rings. The van der Waals surface area contributed by atoms with Crippen LogP contribution in [0.25, 0.3) is 0 Å². The van der Waals surface area contributed by atoms with Gasteiger partial charge in [0, 0.05) is 7.05 Å². The van der Waals surface area contributed by atoms with Crippen LogP contribution in [-0.2, 0) is 12.6 Å². The number of nitrogens with zero attached hydrogens (tertiary/aromatic N) is 3. The fourth-order valence-electron chi connectivity index (χ4n) is 1.92. The Morgan fingerprint density at radius 3 is 2.29 bits per heavy atom. The molecule has 1 N–H and O–H groups in total. The van der Waals surface area contributed by atoms with Crippen LogP contribution in [0.1, 0.15) is 45.2 Å². The minimum atomic E-state index is -0.748. The third-order valence-corrected chi connectivity index (χ3v) is 2.52. The second-order valence-electron chi connectivity index (χ2n) is 3.77. The first-order chi connectivity index (χ1) is 6.64. The van der Waals surface area contributed by atoms with E-state index in [0.717, 1.165) is 31.4 Å². The molecule has 0 bridgehead atoms. The molecule has 0 radical (unpaired) electrons. The van der Waals surface area contributed by atoms with Crippen molar-refractivity contribution in [3.63, 3.8) is 0 Å². The van der Waals surface area contributed by atoms with Crippen molar-refractivity contribution in [2.24, 2.45) is 7.05 Å². The first-order valence-corrected chi connectivity index (χ1v) is 5.21. The lowest BCUT2D eigenvalue weighted by Gasteiger charge is -2.26. The minimum Gasteiger partial charge on any atom is -0.384 e. The summed E-state index contributed by atoms with van der Waals surface area (Å²) in [4.78, 5) is 0. The normalized spacial score (nSPS) is 12.0. The largest absolute Gasteiger partial charge is 0.384 e. The highest BCUT2D eigenvalue weighted by Gasteiger charge is 2.30. The second-order valence-corrected chi connectivity index (χ2v) is 3.77. The highest BCUT2D eigenvalue weighted by Crippen LogP contribution is 2.30. The van der Waals surface area contributed by atoms with Crippen LogP contribution in [-0.4, -0.2) is 20.1 Å². The van der Waals surface area contributed by atoms with E-state index in [2.05, 4.69) is 24.2 Å². The lowest BCUT2D eigenvalue weighted by Crippen LogP contribution is -2.28. The zero-order valence-electron chi connectivity index (χ0n) is 9.19. The van der Waals surface area contributed by atoms with Crippen molar-refractivity contribution >= 4 is 0 Å². The van der Waals surface area contributed by atoms with Gasteiger partial charge < -0.3 is 5.11 Å². The maximum atomic E-state index is 10.5. The van der Waals surface area contributed by atoms with E-state index >= 15 is 0 Å². The molecular formula is C10H19N3O. The smallest absolute Gasteiger partial charge is 0.108 e. The first kappa shape index (κ1) is 11.2. The summed E-state index contributed by atoms with van der Waals surface area (Å²) in [6, 6.07) is 0. The molecule has 80 valence electrons. The molecule has 14 heavy (non-hydrogen) atoms. The molecular weight excluding hydrogens is 178 g/mol. The molecule has 4 heteroatoms. The Morgan fingerprint density at radius 1 is 1.36 bits per heavy atom. The van der Waals surface area contributed by atoms with Crippen molar-refractivity contribution in [1.29, 1.82) is 0 Å². The average molecular weight is 197 g/mol. The van der Waals surface area contributed by atoms with Crippen LogP contribution in [0.4, 0.5) is 0 Å². The van der Waals surface area contributed by atoms with Crippen molar-refractivity contribution in [1.82, 2.24) is 15.0 Å². The molecule has 0 saturated carbocycles. The summed E-state index contributed by atoms with van der Waals surface area (Å²) < 4.78 is 1.66. The molecule has 0 amide bonds. The van der Waals surface area contributed by atoms with Gasteiger partial charge in [0.05, 0.1) is 11.9 Å². The lowest BCUT2D eigenvalue weighted by molar-refractivity contribution is 0.00916. The SMILES string of the molecule is CCCC(O)(CCC)c1cnnn1C. The summed E-state index contributed by atoms with van der Waals surface area (Å²) in [6.07, 6.45) is 5.11. The fourth-order valence-corrected chi connectivity index (χ4v) is 1.92. The summed E-state index contributed by atoms with van der Waals surface area (Å²) >= 11 is 0. The van der Waals surface area contributed by atoms with Gasteiger partial charge in [-0.15, -0.1) is 5.10 Å². The van der Waals surface area contributed by atoms with E-state index in [0.29, 0.717) is 0 Å². The van der Waals surface area contributed by atoms with Crippen molar-refractivity contribution in [2.45, 2.75) is 45.1 Å². The highest BCUT2D eigenvalue weighted by atomic mass is 16.3. The van der Waals surface area contributed by atoms with E-state index in [1.54, 1.807) is 10.9 Å². The van der Waals surface area contributed by atoms with Gasteiger partial charge in [-0.1, -0.05) is 31.9 Å². The molecule has 4 nitrogen and oxygen atoms in total. The third kappa shape index (κ3) is 2.12. The summed E-state index contributed by atoms with van der Waals surface area (Å²) in [7, 11) is 1.82. The van der Waals surface area contributed by atoms with Gasteiger partial charge >= 0.3 is 0 Å². The zero-order valence-corrected chi connectivity index (χ0v) is 9.19. The molecule has 0 spiro atoms. The van der Waals surface area contributed by atoms with E-state index in [1.165, 1.54) is 0 Å². The van der Waals surface area contributed by atoms with Crippen LogP contribution >= 0.6 is 0 Å². The monoisotopic (exact) mass is 197 g/mol. The van der Waals surface area contributed by atoms with E-state index < -0.39 is 5.60 Å². The zero-order chi connectivity index (χ0) is 10.6. The molecule has 0 unspecified atom stereocenters. The highest BCUT2D eigenvalue weighted by molar-refractivity contribution is 5.07.